The number of hydrogen-bond donors (Lipinski definition) is 2. The number of urea groups is 1. The van der Waals surface area contributed by atoms with Crippen molar-refractivity contribution in [2.24, 2.45) is 0 Å². The van der Waals surface area contributed by atoms with Gasteiger partial charge in [-0.1, -0.05) is 55.8 Å². The molecular weight excluding hydrogens is 498 g/mol. The topological polar surface area (TPSA) is 107 Å². The molecule has 2 amide bonds. The lowest BCUT2D eigenvalue weighted by atomic mass is 10.0. The molecule has 4 aromatic rings. The van der Waals surface area contributed by atoms with E-state index < -0.39 is 0 Å². The Balaban J connectivity index is 1.39. The summed E-state index contributed by atoms with van der Waals surface area (Å²) >= 11 is 0. The molecule has 204 valence electrons. The molecule has 0 radical (unpaired) electrons. The molecule has 0 spiro atoms. The molecule has 1 atom stereocenters. The number of rotatable bonds is 13. The maximum Gasteiger partial charge on any atom is 0.322 e. The van der Waals surface area contributed by atoms with Crippen LogP contribution in [0.25, 0.3) is 11.1 Å². The molecule has 0 saturated heterocycles. The Morgan fingerprint density at radius 1 is 0.925 bits per heavy atom. The van der Waals surface area contributed by atoms with Crippen LogP contribution in [-0.4, -0.2) is 33.6 Å². The van der Waals surface area contributed by atoms with Crippen molar-refractivity contribution in [1.29, 1.82) is 5.26 Å². The van der Waals surface area contributed by atoms with E-state index in [0.717, 1.165) is 60.3 Å². The van der Waals surface area contributed by atoms with Gasteiger partial charge in [-0.3, -0.25) is 4.90 Å². The predicted octanol–water partition coefficient (Wildman–Crippen LogP) is 6.58. The molecule has 2 N–H and O–H groups in total. The van der Waals surface area contributed by atoms with E-state index in [1.165, 1.54) is 6.33 Å². The largest absolute Gasteiger partial charge is 0.367 e. The molecule has 4 rings (SSSR count). The molecule has 2 aromatic heterocycles. The minimum atomic E-state index is -0.121. The van der Waals surface area contributed by atoms with Gasteiger partial charge in [0.1, 0.15) is 18.2 Å². The number of nitrogens with zero attached hydrogens (tertiary/aromatic N) is 5. The summed E-state index contributed by atoms with van der Waals surface area (Å²) in [6.45, 7) is 3.24. The van der Waals surface area contributed by atoms with Gasteiger partial charge in [0.15, 0.2) is 0 Å². The first-order chi connectivity index (χ1) is 19.7. The summed E-state index contributed by atoms with van der Waals surface area (Å²) in [6, 6.07) is 23.8. The van der Waals surface area contributed by atoms with E-state index in [1.54, 1.807) is 24.7 Å². The average molecular weight is 534 g/mol. The quantitative estimate of drug-likeness (QED) is 0.188. The first-order valence-corrected chi connectivity index (χ1v) is 13.7. The molecule has 8 nitrogen and oxygen atoms in total. The van der Waals surface area contributed by atoms with Gasteiger partial charge < -0.3 is 10.6 Å². The van der Waals surface area contributed by atoms with Crippen LogP contribution in [0.3, 0.4) is 0 Å². The van der Waals surface area contributed by atoms with E-state index in [-0.39, 0.29) is 12.1 Å². The van der Waals surface area contributed by atoms with Gasteiger partial charge in [0, 0.05) is 49.0 Å². The van der Waals surface area contributed by atoms with Crippen LogP contribution < -0.4 is 15.5 Å². The first-order valence-electron chi connectivity index (χ1n) is 13.7. The van der Waals surface area contributed by atoms with Crippen molar-refractivity contribution in [3.05, 3.63) is 103 Å². The summed E-state index contributed by atoms with van der Waals surface area (Å²) < 4.78 is 0. The van der Waals surface area contributed by atoms with E-state index >= 15 is 0 Å². The summed E-state index contributed by atoms with van der Waals surface area (Å²) in [5.74, 6) is 0.781. The number of unbranched alkanes of at least 4 members (excludes halogenated alkanes) is 1. The molecule has 0 aliphatic rings. The first kappa shape index (κ1) is 28.2. The zero-order valence-corrected chi connectivity index (χ0v) is 22.8. The SMILES string of the molecule is CCC[C@H](CCCCN(C(=O)NCc1ccccc1)c1ccc(-c2cncnc2)cc1)Nc1ccc(C#N)cn1. The van der Waals surface area contributed by atoms with Gasteiger partial charge in [0.2, 0.25) is 0 Å². The molecule has 0 aliphatic carbocycles. The number of nitriles is 1. The molecule has 0 bridgehead atoms. The Hall–Kier alpha value is -4.77. The van der Waals surface area contributed by atoms with Crippen molar-refractivity contribution in [3.63, 3.8) is 0 Å². The normalized spacial score (nSPS) is 11.3. The van der Waals surface area contributed by atoms with Gasteiger partial charge in [0.05, 0.1) is 5.56 Å². The molecule has 0 unspecified atom stereocenters. The number of hydrogen-bond acceptors (Lipinski definition) is 6. The van der Waals surface area contributed by atoms with Crippen molar-refractivity contribution in [1.82, 2.24) is 20.3 Å². The van der Waals surface area contributed by atoms with Crippen LogP contribution in [0.5, 0.6) is 0 Å². The fourth-order valence-electron chi connectivity index (χ4n) is 4.55. The lowest BCUT2D eigenvalue weighted by Crippen LogP contribution is -2.40. The third-order valence-electron chi connectivity index (χ3n) is 6.67. The molecule has 8 heteroatoms. The monoisotopic (exact) mass is 533 g/mol. The maximum atomic E-state index is 13.3. The fourth-order valence-corrected chi connectivity index (χ4v) is 4.55. The highest BCUT2D eigenvalue weighted by Gasteiger charge is 2.16. The Bertz CT molecular complexity index is 1350. The summed E-state index contributed by atoms with van der Waals surface area (Å²) in [6.07, 6.45) is 11.5. The van der Waals surface area contributed by atoms with Gasteiger partial charge in [-0.15, -0.1) is 0 Å². The second kappa shape index (κ2) is 15.0. The zero-order chi connectivity index (χ0) is 28.0. The van der Waals surface area contributed by atoms with Crippen LogP contribution in [0.1, 0.15) is 50.2 Å². The molecule has 2 heterocycles. The number of anilines is 2. The van der Waals surface area contributed by atoms with Crippen LogP contribution in [0.4, 0.5) is 16.3 Å². The third-order valence-corrected chi connectivity index (χ3v) is 6.67. The van der Waals surface area contributed by atoms with Crippen molar-refractivity contribution < 1.29 is 4.79 Å². The van der Waals surface area contributed by atoms with Crippen molar-refractivity contribution in [3.8, 4) is 17.2 Å². The number of nitrogens with one attached hydrogen (secondary N) is 2. The Labute approximate surface area is 236 Å². The highest BCUT2D eigenvalue weighted by molar-refractivity contribution is 5.92. The summed E-state index contributed by atoms with van der Waals surface area (Å²) in [5.41, 5.74) is 4.38. The van der Waals surface area contributed by atoms with Gasteiger partial charge in [-0.25, -0.2) is 19.7 Å². The van der Waals surface area contributed by atoms with Crippen LogP contribution in [0.2, 0.25) is 0 Å². The highest BCUT2D eigenvalue weighted by atomic mass is 16.2. The maximum absolute atomic E-state index is 13.3. The lowest BCUT2D eigenvalue weighted by molar-refractivity contribution is 0.245. The van der Waals surface area contributed by atoms with E-state index in [1.807, 2.05) is 65.6 Å². The third kappa shape index (κ3) is 8.37. The van der Waals surface area contributed by atoms with Crippen LogP contribution in [0, 0.1) is 11.3 Å². The zero-order valence-electron chi connectivity index (χ0n) is 22.8. The second-order valence-corrected chi connectivity index (χ2v) is 9.64. The number of aromatic nitrogens is 3. The summed E-state index contributed by atoms with van der Waals surface area (Å²) in [5, 5.41) is 15.6. The van der Waals surface area contributed by atoms with Crippen LogP contribution in [-0.2, 0) is 6.54 Å². The minimum absolute atomic E-state index is 0.121. The van der Waals surface area contributed by atoms with Gasteiger partial charge in [0.25, 0.3) is 0 Å². The predicted molar refractivity (Wildman–Crippen MR) is 159 cm³/mol. The van der Waals surface area contributed by atoms with E-state index in [0.29, 0.717) is 18.7 Å². The summed E-state index contributed by atoms with van der Waals surface area (Å²) in [4.78, 5) is 27.7. The van der Waals surface area contributed by atoms with Crippen molar-refractivity contribution >= 4 is 17.5 Å². The number of carbonyl (C=O) groups is 1. The van der Waals surface area contributed by atoms with Gasteiger partial charge in [-0.2, -0.15) is 5.26 Å². The smallest absolute Gasteiger partial charge is 0.322 e. The second-order valence-electron chi connectivity index (χ2n) is 9.64. The summed E-state index contributed by atoms with van der Waals surface area (Å²) in [7, 11) is 0. The van der Waals surface area contributed by atoms with Crippen LogP contribution in [0.15, 0.2) is 91.6 Å². The van der Waals surface area contributed by atoms with Crippen molar-refractivity contribution in [2.45, 2.75) is 51.6 Å². The Kier molecular flexibility index (Phi) is 10.6. The minimum Gasteiger partial charge on any atom is -0.367 e. The lowest BCUT2D eigenvalue weighted by Gasteiger charge is -2.24. The molecule has 0 saturated carbocycles. The van der Waals surface area contributed by atoms with Crippen LogP contribution >= 0.6 is 0 Å². The van der Waals surface area contributed by atoms with E-state index in [9.17, 15) is 4.79 Å². The Morgan fingerprint density at radius 3 is 2.38 bits per heavy atom. The Morgan fingerprint density at radius 2 is 1.70 bits per heavy atom. The fraction of sp³-hybridized carbons (Fsp3) is 0.281. The standard InChI is InChI=1S/C32H35N7O/c1-2-8-29(38-31-17-12-26(19-33)21-36-31)11-6-7-18-39(32(40)37-20-25-9-4-3-5-10-25)30-15-13-27(14-16-30)28-22-34-24-35-23-28/h3-5,9-10,12-17,21-24,29H,2,6-8,11,18,20H2,1H3,(H,36,38)(H,37,40)/t29-/m1/s1. The van der Waals surface area contributed by atoms with Gasteiger partial charge >= 0.3 is 6.03 Å². The van der Waals surface area contributed by atoms with Crippen molar-refractivity contribution in [2.75, 3.05) is 16.8 Å². The molecule has 0 aliphatic heterocycles. The number of amides is 2. The molecule has 2 aromatic carbocycles. The average Bonchev–Trinajstić information content (AvgIpc) is 3.01. The number of pyridine rings is 1. The molecule has 40 heavy (non-hydrogen) atoms. The highest BCUT2D eigenvalue weighted by Crippen LogP contribution is 2.23. The number of carbonyl (C=O) groups excluding carboxylic acids is 1. The molecule has 0 fully saturated rings. The number of benzene rings is 2. The molecular formula is C32H35N7O. The van der Waals surface area contributed by atoms with E-state index in [2.05, 4.69) is 38.6 Å². The van der Waals surface area contributed by atoms with E-state index in [4.69, 9.17) is 5.26 Å². The van der Waals surface area contributed by atoms with Gasteiger partial charge in [-0.05, 0) is 61.1 Å².